The molecule has 10 heteroatoms. The van der Waals surface area contributed by atoms with Crippen molar-refractivity contribution in [2.24, 2.45) is 10.7 Å². The molecule has 0 aromatic carbocycles. The Hall–Kier alpha value is -1.91. The van der Waals surface area contributed by atoms with E-state index >= 15 is 0 Å². The summed E-state index contributed by atoms with van der Waals surface area (Å²) < 4.78 is 21.4. The van der Waals surface area contributed by atoms with E-state index in [9.17, 15) is 9.59 Å². The Morgan fingerprint density at radius 3 is 1.70 bits per heavy atom. The minimum atomic E-state index is -0.734. The number of nitrogens with one attached hydrogen (secondary N) is 2. The van der Waals surface area contributed by atoms with Gasteiger partial charge < -0.3 is 24.7 Å². The summed E-state index contributed by atoms with van der Waals surface area (Å²) in [5.74, 6) is -0.0572. The first kappa shape index (κ1) is 28.1. The normalized spacial score (nSPS) is 12.9. The van der Waals surface area contributed by atoms with E-state index in [1.54, 1.807) is 41.5 Å². The van der Waals surface area contributed by atoms with Crippen molar-refractivity contribution >= 4 is 18.1 Å². The maximum atomic E-state index is 12.1. The zero-order valence-electron chi connectivity index (χ0n) is 19.7. The van der Waals surface area contributed by atoms with E-state index in [0.29, 0.717) is 32.6 Å². The van der Waals surface area contributed by atoms with Gasteiger partial charge in [-0.05, 0) is 68.2 Å². The van der Waals surface area contributed by atoms with Gasteiger partial charge in [-0.25, -0.2) is 9.59 Å². The van der Waals surface area contributed by atoms with E-state index < -0.39 is 29.7 Å². The number of carbonyl (C=O) groups is 2. The Morgan fingerprint density at radius 1 is 0.900 bits per heavy atom. The van der Waals surface area contributed by atoms with Crippen LogP contribution in [0.2, 0.25) is 0 Å². The highest BCUT2D eigenvalue weighted by Gasteiger charge is 2.21. The zero-order chi connectivity index (χ0) is 23.4. The molecule has 0 spiro atoms. The van der Waals surface area contributed by atoms with Crippen LogP contribution in [-0.2, 0) is 18.9 Å². The lowest BCUT2D eigenvalue weighted by atomic mass is 10.1. The number of hydrogen-bond donors (Lipinski definition) is 3. The van der Waals surface area contributed by atoms with E-state index in [0.717, 1.165) is 0 Å². The topological polar surface area (TPSA) is 134 Å². The van der Waals surface area contributed by atoms with Crippen molar-refractivity contribution in [1.82, 2.24) is 10.6 Å². The molecule has 0 radical (unpaired) electrons. The number of hydrogen-bond acceptors (Lipinski definition) is 8. The highest BCUT2D eigenvalue weighted by Crippen LogP contribution is 2.09. The molecule has 1 atom stereocenters. The largest absolute Gasteiger partial charge is 0.444 e. The lowest BCUT2D eigenvalue weighted by molar-refractivity contribution is -0.149. The van der Waals surface area contributed by atoms with Crippen molar-refractivity contribution in [2.45, 2.75) is 91.8 Å². The van der Waals surface area contributed by atoms with E-state index in [4.69, 9.17) is 24.7 Å². The number of alkyl carbamates (subject to hydrolysis) is 2. The average molecular weight is 433 g/mol. The highest BCUT2D eigenvalue weighted by molar-refractivity contribution is 6.01. The molecule has 0 aliphatic heterocycles. The van der Waals surface area contributed by atoms with E-state index in [1.807, 2.05) is 13.8 Å². The van der Waals surface area contributed by atoms with Gasteiger partial charge in [0.1, 0.15) is 11.2 Å². The third-order valence-corrected chi connectivity index (χ3v) is 3.22. The Balaban J connectivity index is 4.92. The summed E-state index contributed by atoms with van der Waals surface area (Å²) >= 11 is 0. The molecule has 0 rings (SSSR count). The number of guanidine groups is 1. The van der Waals surface area contributed by atoms with Gasteiger partial charge in [0.25, 0.3) is 0 Å². The van der Waals surface area contributed by atoms with Crippen LogP contribution in [0.15, 0.2) is 4.99 Å². The van der Waals surface area contributed by atoms with Crippen LogP contribution in [-0.4, -0.2) is 61.4 Å². The first-order valence-electron chi connectivity index (χ1n) is 10.3. The highest BCUT2D eigenvalue weighted by atomic mass is 16.7. The summed E-state index contributed by atoms with van der Waals surface area (Å²) in [4.78, 5) is 28.3. The molecule has 10 nitrogen and oxygen atoms in total. The summed E-state index contributed by atoms with van der Waals surface area (Å²) in [6.45, 7) is 15.5. The number of amides is 2. The van der Waals surface area contributed by atoms with E-state index in [1.165, 1.54) is 0 Å². The lowest BCUT2D eigenvalue weighted by Crippen LogP contribution is -2.47. The Bertz CT molecular complexity index is 516. The number of nitrogens with two attached hydrogens (primary N) is 1. The van der Waals surface area contributed by atoms with Gasteiger partial charge in [-0.1, -0.05) is 0 Å². The minimum Gasteiger partial charge on any atom is -0.444 e. The van der Waals surface area contributed by atoms with Gasteiger partial charge >= 0.3 is 12.2 Å². The molecule has 0 fully saturated rings. The van der Waals surface area contributed by atoms with Crippen LogP contribution in [0.1, 0.15) is 68.2 Å². The number of ether oxygens (including phenoxy) is 4. The summed E-state index contributed by atoms with van der Waals surface area (Å²) in [6, 6.07) is -0.318. The fourth-order valence-corrected chi connectivity index (χ4v) is 2.19. The molecule has 0 saturated carbocycles. The second-order valence-corrected chi connectivity index (χ2v) is 8.57. The SMILES string of the molecule is CCOC(OCC)C(N)CCCN=C(NC(=O)OC(C)(C)C)NC(=O)OC(C)(C)C. The molecule has 0 aliphatic rings. The molecule has 0 bridgehead atoms. The van der Waals surface area contributed by atoms with Crippen LogP contribution in [0, 0.1) is 0 Å². The third kappa shape index (κ3) is 15.0. The molecule has 0 saturated heterocycles. The quantitative estimate of drug-likeness (QED) is 0.221. The van der Waals surface area contributed by atoms with Gasteiger partial charge in [0, 0.05) is 19.8 Å². The van der Waals surface area contributed by atoms with E-state index in [-0.39, 0.29) is 12.0 Å². The molecule has 0 aromatic heterocycles. The van der Waals surface area contributed by atoms with Gasteiger partial charge in [-0.3, -0.25) is 15.6 Å². The number of rotatable bonds is 9. The molecule has 0 aromatic rings. The number of nitrogens with zero attached hydrogens (tertiary/aromatic N) is 1. The molecular weight excluding hydrogens is 392 g/mol. The second-order valence-electron chi connectivity index (χ2n) is 8.57. The molecule has 1 unspecified atom stereocenters. The van der Waals surface area contributed by atoms with Crippen molar-refractivity contribution < 1.29 is 28.5 Å². The van der Waals surface area contributed by atoms with E-state index in [2.05, 4.69) is 15.6 Å². The standard InChI is InChI=1S/C20H40N4O6/c1-9-27-15(28-10-2)14(21)12-11-13-22-16(23-17(25)29-19(3,4)5)24-18(26)30-20(6,7)8/h14-15H,9-13,21H2,1-8H3,(H2,22,23,24,25,26). The molecule has 2 amide bonds. The number of aliphatic imine (C=N–C) groups is 1. The van der Waals surface area contributed by atoms with Gasteiger partial charge in [0.05, 0.1) is 6.04 Å². The van der Waals surface area contributed by atoms with Crippen molar-refractivity contribution in [3.63, 3.8) is 0 Å². The fraction of sp³-hybridized carbons (Fsp3) is 0.850. The summed E-state index contributed by atoms with van der Waals surface area (Å²) in [5.41, 5.74) is 4.74. The van der Waals surface area contributed by atoms with Gasteiger partial charge in [0.15, 0.2) is 6.29 Å². The number of carbonyl (C=O) groups excluding carboxylic acids is 2. The molecule has 0 heterocycles. The maximum absolute atomic E-state index is 12.1. The molecular formula is C20H40N4O6. The van der Waals surface area contributed by atoms with Crippen LogP contribution >= 0.6 is 0 Å². The predicted molar refractivity (Wildman–Crippen MR) is 115 cm³/mol. The Morgan fingerprint density at radius 2 is 1.33 bits per heavy atom. The van der Waals surface area contributed by atoms with Crippen LogP contribution < -0.4 is 16.4 Å². The van der Waals surface area contributed by atoms with Crippen LogP contribution in [0.3, 0.4) is 0 Å². The van der Waals surface area contributed by atoms with Crippen molar-refractivity contribution in [3.05, 3.63) is 0 Å². The van der Waals surface area contributed by atoms with Crippen molar-refractivity contribution in [1.29, 1.82) is 0 Å². The summed E-state index contributed by atoms with van der Waals surface area (Å²) in [5, 5.41) is 4.88. The molecule has 0 aliphatic carbocycles. The molecule has 4 N–H and O–H groups in total. The maximum Gasteiger partial charge on any atom is 0.414 e. The van der Waals surface area contributed by atoms with Crippen molar-refractivity contribution in [3.8, 4) is 0 Å². The second kappa shape index (κ2) is 13.4. The van der Waals surface area contributed by atoms with Gasteiger partial charge in [0.2, 0.25) is 5.96 Å². The van der Waals surface area contributed by atoms with Crippen LogP contribution in [0.25, 0.3) is 0 Å². The first-order valence-corrected chi connectivity index (χ1v) is 10.3. The molecule has 30 heavy (non-hydrogen) atoms. The monoisotopic (exact) mass is 432 g/mol. The Labute approximate surface area is 180 Å². The lowest BCUT2D eigenvalue weighted by Gasteiger charge is -2.23. The van der Waals surface area contributed by atoms with Gasteiger partial charge in [-0.2, -0.15) is 0 Å². The van der Waals surface area contributed by atoms with Gasteiger partial charge in [-0.15, -0.1) is 0 Å². The summed E-state index contributed by atoms with van der Waals surface area (Å²) in [7, 11) is 0. The van der Waals surface area contributed by atoms with Crippen molar-refractivity contribution in [2.75, 3.05) is 19.8 Å². The summed E-state index contributed by atoms with van der Waals surface area (Å²) in [6.07, 6.45) is -0.778. The average Bonchev–Trinajstić information content (AvgIpc) is 2.54. The minimum absolute atomic E-state index is 0.0572. The van der Waals surface area contributed by atoms with Crippen LogP contribution in [0.4, 0.5) is 9.59 Å². The third-order valence-electron chi connectivity index (χ3n) is 3.22. The Kier molecular flexibility index (Phi) is 12.6. The smallest absolute Gasteiger partial charge is 0.414 e. The molecule has 176 valence electrons. The van der Waals surface area contributed by atoms with Crippen LogP contribution in [0.5, 0.6) is 0 Å². The zero-order valence-corrected chi connectivity index (χ0v) is 19.7. The fourth-order valence-electron chi connectivity index (χ4n) is 2.19. The predicted octanol–water partition coefficient (Wildman–Crippen LogP) is 2.90. The first-order chi connectivity index (χ1) is 13.8.